The number of hydrogen-bond acceptors (Lipinski definition) is 4. The number of rotatable bonds is 12. The van der Waals surface area contributed by atoms with Crippen LogP contribution in [0.2, 0.25) is 10.0 Å². The average molecular weight is 577 g/mol. The van der Waals surface area contributed by atoms with Gasteiger partial charge < -0.3 is 10.2 Å². The molecule has 0 heterocycles. The molecule has 0 saturated heterocycles. The number of halogens is 2. The highest BCUT2D eigenvalue weighted by Crippen LogP contribution is 2.26. The number of unbranched alkanes of at least 4 members (excludes halogenated alkanes) is 1. The maximum atomic E-state index is 13.8. The Bertz CT molecular complexity index is 1340. The fourth-order valence-corrected chi connectivity index (χ4v) is 5.58. The highest BCUT2D eigenvalue weighted by atomic mass is 35.5. The standard InChI is InChI=1S/C28H31Cl2N3O4S/c1-3-4-17-31-28(35)21(2)32(19-22-9-8-10-24(30)18-22)27(34)20-33(25-15-13-23(29)14-16-25)38(36,37)26-11-6-5-7-12-26/h5-16,18,21H,3-4,17,19-20H2,1-2H3,(H,31,35)/t21-/m0/s1. The van der Waals surface area contributed by atoms with E-state index in [1.54, 1.807) is 61.5 Å². The predicted molar refractivity (Wildman–Crippen MR) is 152 cm³/mol. The second-order valence-electron chi connectivity index (χ2n) is 8.77. The van der Waals surface area contributed by atoms with Crippen molar-refractivity contribution in [1.82, 2.24) is 10.2 Å². The Labute approximate surface area is 234 Å². The minimum Gasteiger partial charge on any atom is -0.354 e. The summed E-state index contributed by atoms with van der Waals surface area (Å²) in [5, 5.41) is 3.78. The molecule has 2 amide bonds. The number of anilines is 1. The van der Waals surface area contributed by atoms with Crippen LogP contribution in [-0.2, 0) is 26.2 Å². The van der Waals surface area contributed by atoms with E-state index >= 15 is 0 Å². The first-order chi connectivity index (χ1) is 18.1. The Hall–Kier alpha value is -3.07. The summed E-state index contributed by atoms with van der Waals surface area (Å²) in [4.78, 5) is 28.2. The lowest BCUT2D eigenvalue weighted by atomic mass is 10.1. The van der Waals surface area contributed by atoms with Crippen LogP contribution in [0, 0.1) is 0 Å². The zero-order chi connectivity index (χ0) is 27.7. The molecule has 3 aromatic carbocycles. The Balaban J connectivity index is 1.98. The highest BCUT2D eigenvalue weighted by Gasteiger charge is 2.32. The van der Waals surface area contributed by atoms with Crippen molar-refractivity contribution in [2.24, 2.45) is 0 Å². The van der Waals surface area contributed by atoms with Gasteiger partial charge in [0.05, 0.1) is 10.6 Å². The van der Waals surface area contributed by atoms with Crippen LogP contribution in [0.15, 0.2) is 83.8 Å². The van der Waals surface area contributed by atoms with Crippen LogP contribution in [-0.4, -0.2) is 44.3 Å². The summed E-state index contributed by atoms with van der Waals surface area (Å²) in [5.74, 6) is -0.865. The molecule has 0 aliphatic rings. The van der Waals surface area contributed by atoms with Crippen molar-refractivity contribution in [2.45, 2.75) is 44.2 Å². The maximum absolute atomic E-state index is 13.8. The summed E-state index contributed by atoms with van der Waals surface area (Å²) in [6, 6.07) is 20.2. The predicted octanol–water partition coefficient (Wildman–Crippen LogP) is 5.52. The van der Waals surface area contributed by atoms with E-state index in [0.717, 1.165) is 17.1 Å². The fraction of sp³-hybridized carbons (Fsp3) is 0.286. The van der Waals surface area contributed by atoms with Crippen LogP contribution in [0.25, 0.3) is 0 Å². The van der Waals surface area contributed by atoms with Gasteiger partial charge in [-0.15, -0.1) is 0 Å². The summed E-state index contributed by atoms with van der Waals surface area (Å²) in [6.45, 7) is 3.68. The van der Waals surface area contributed by atoms with Crippen LogP contribution >= 0.6 is 23.2 Å². The minimum atomic E-state index is -4.12. The molecule has 0 bridgehead atoms. The molecular weight excluding hydrogens is 545 g/mol. The lowest BCUT2D eigenvalue weighted by molar-refractivity contribution is -0.139. The van der Waals surface area contributed by atoms with Crippen molar-refractivity contribution in [1.29, 1.82) is 0 Å². The molecule has 202 valence electrons. The molecule has 3 aromatic rings. The van der Waals surface area contributed by atoms with Gasteiger partial charge in [-0.25, -0.2) is 8.42 Å². The van der Waals surface area contributed by atoms with Gasteiger partial charge in [-0.05, 0) is 67.4 Å². The molecule has 0 aromatic heterocycles. The largest absolute Gasteiger partial charge is 0.354 e. The second-order valence-corrected chi connectivity index (χ2v) is 11.5. The van der Waals surface area contributed by atoms with Crippen molar-refractivity contribution in [2.75, 3.05) is 17.4 Å². The third-order valence-corrected chi connectivity index (χ3v) is 8.24. The monoisotopic (exact) mass is 575 g/mol. The van der Waals surface area contributed by atoms with E-state index in [0.29, 0.717) is 22.2 Å². The Morgan fingerprint density at radius 3 is 2.24 bits per heavy atom. The minimum absolute atomic E-state index is 0.0366. The molecule has 0 aliphatic heterocycles. The third kappa shape index (κ3) is 7.72. The number of hydrogen-bond donors (Lipinski definition) is 1. The molecule has 7 nitrogen and oxygen atoms in total. The maximum Gasteiger partial charge on any atom is 0.264 e. The average Bonchev–Trinajstić information content (AvgIpc) is 2.91. The molecular formula is C28H31Cl2N3O4S. The number of amides is 2. The van der Waals surface area contributed by atoms with Gasteiger partial charge in [0, 0.05) is 23.1 Å². The van der Waals surface area contributed by atoms with Gasteiger partial charge in [0.2, 0.25) is 11.8 Å². The van der Waals surface area contributed by atoms with Crippen molar-refractivity contribution >= 4 is 50.7 Å². The number of sulfonamides is 1. The van der Waals surface area contributed by atoms with Crippen LogP contribution in [0.5, 0.6) is 0 Å². The highest BCUT2D eigenvalue weighted by molar-refractivity contribution is 7.92. The second kappa shape index (κ2) is 13.6. The van der Waals surface area contributed by atoms with Crippen LogP contribution < -0.4 is 9.62 Å². The summed E-state index contributed by atoms with van der Waals surface area (Å²) in [6.07, 6.45) is 1.72. The third-order valence-electron chi connectivity index (χ3n) is 5.96. The van der Waals surface area contributed by atoms with E-state index in [-0.39, 0.29) is 23.0 Å². The molecule has 10 heteroatoms. The quantitative estimate of drug-likeness (QED) is 0.288. The number of nitrogens with zero attached hydrogens (tertiary/aromatic N) is 2. The smallest absolute Gasteiger partial charge is 0.264 e. The SMILES string of the molecule is CCCCNC(=O)[C@H](C)N(Cc1cccc(Cl)c1)C(=O)CN(c1ccc(Cl)cc1)S(=O)(=O)c1ccccc1. The lowest BCUT2D eigenvalue weighted by Crippen LogP contribution is -2.51. The van der Waals surface area contributed by atoms with Crippen molar-refractivity contribution in [3.63, 3.8) is 0 Å². The van der Waals surface area contributed by atoms with E-state index in [1.165, 1.54) is 29.2 Å². The van der Waals surface area contributed by atoms with E-state index < -0.39 is 28.5 Å². The van der Waals surface area contributed by atoms with Crippen LogP contribution in [0.4, 0.5) is 5.69 Å². The van der Waals surface area contributed by atoms with Gasteiger partial charge in [0.1, 0.15) is 12.6 Å². The first-order valence-electron chi connectivity index (χ1n) is 12.3. The van der Waals surface area contributed by atoms with Gasteiger partial charge in [0.25, 0.3) is 10.0 Å². The van der Waals surface area contributed by atoms with Crippen LogP contribution in [0.1, 0.15) is 32.3 Å². The Morgan fingerprint density at radius 2 is 1.61 bits per heavy atom. The van der Waals surface area contributed by atoms with E-state index in [4.69, 9.17) is 23.2 Å². The molecule has 0 saturated carbocycles. The summed E-state index contributed by atoms with van der Waals surface area (Å²) < 4.78 is 28.4. The van der Waals surface area contributed by atoms with Gasteiger partial charge in [-0.3, -0.25) is 13.9 Å². The summed E-state index contributed by atoms with van der Waals surface area (Å²) in [5.41, 5.74) is 0.984. The fourth-order valence-electron chi connectivity index (χ4n) is 3.81. The molecule has 0 spiro atoms. The van der Waals surface area contributed by atoms with Gasteiger partial charge in [-0.1, -0.05) is 66.9 Å². The molecule has 0 fully saturated rings. The van der Waals surface area contributed by atoms with Gasteiger partial charge in [-0.2, -0.15) is 0 Å². The molecule has 0 unspecified atom stereocenters. The Kier molecular flexibility index (Phi) is 10.6. The van der Waals surface area contributed by atoms with E-state index in [2.05, 4.69) is 5.32 Å². The Morgan fingerprint density at radius 1 is 0.921 bits per heavy atom. The summed E-state index contributed by atoms with van der Waals surface area (Å²) in [7, 11) is -4.12. The van der Waals surface area contributed by atoms with Crippen molar-refractivity contribution < 1.29 is 18.0 Å². The number of carbonyl (C=O) groups is 2. The van der Waals surface area contributed by atoms with E-state index in [9.17, 15) is 18.0 Å². The topological polar surface area (TPSA) is 86.8 Å². The number of carbonyl (C=O) groups excluding carboxylic acids is 2. The van der Waals surface area contributed by atoms with Crippen molar-refractivity contribution in [3.8, 4) is 0 Å². The number of nitrogens with one attached hydrogen (secondary N) is 1. The normalized spacial score (nSPS) is 12.0. The van der Waals surface area contributed by atoms with Gasteiger partial charge >= 0.3 is 0 Å². The molecule has 1 N–H and O–H groups in total. The lowest BCUT2D eigenvalue weighted by Gasteiger charge is -2.32. The molecule has 0 aliphatic carbocycles. The molecule has 1 atom stereocenters. The zero-order valence-electron chi connectivity index (χ0n) is 21.3. The molecule has 38 heavy (non-hydrogen) atoms. The molecule has 3 rings (SSSR count). The first kappa shape index (κ1) is 29.5. The number of benzene rings is 3. The van der Waals surface area contributed by atoms with Crippen molar-refractivity contribution in [3.05, 3.63) is 94.5 Å². The molecule has 0 radical (unpaired) electrons. The first-order valence-corrected chi connectivity index (χ1v) is 14.5. The van der Waals surface area contributed by atoms with Gasteiger partial charge in [0.15, 0.2) is 0 Å². The zero-order valence-corrected chi connectivity index (χ0v) is 23.6. The van der Waals surface area contributed by atoms with E-state index in [1.807, 2.05) is 6.92 Å². The summed E-state index contributed by atoms with van der Waals surface area (Å²) >= 11 is 12.2. The van der Waals surface area contributed by atoms with Crippen LogP contribution in [0.3, 0.4) is 0 Å².